The molecule has 4 aliphatic carbocycles. The van der Waals surface area contributed by atoms with E-state index in [2.05, 4.69) is 13.8 Å². The quantitative estimate of drug-likeness (QED) is 0.240. The molecule has 0 radical (unpaired) electrons. The maximum atomic E-state index is 12.5. The molecule has 10 heteroatoms. The van der Waals surface area contributed by atoms with Gasteiger partial charge in [0, 0.05) is 15.7 Å². The van der Waals surface area contributed by atoms with Crippen molar-refractivity contribution in [2.75, 3.05) is 12.2 Å². The standard InChI is InChI=1S/C26H45NO7S.Na/c1-15(4-7-21(29)27-12-13-35(32,33)34)17-5-6-18-22-19(9-11-25(17,18)2)26(3)10-8-16(28)14-20(26)23(30)24(22)31;/h15-20,22-24,28,30-31H,4-14H2,1-3H3,(H,27,29)(H,32,33,34);/q;+1/p-1/t15-,16-,17-,18+,19+,20+,22?,23+,24-,25-,26-;/m1./s1/i12D2,13D2;. The molecular formula is C26H44NNaO7S. The number of carbonyl (C=O) groups excluding carboxylic acids is 1. The Labute approximate surface area is 244 Å². The predicted octanol–water partition coefficient (Wildman–Crippen LogP) is -0.970. The van der Waals surface area contributed by atoms with Gasteiger partial charge in [-0.05, 0) is 97.7 Å². The van der Waals surface area contributed by atoms with Crippen LogP contribution in [0.1, 0.15) is 84.0 Å². The van der Waals surface area contributed by atoms with Gasteiger partial charge in [0.1, 0.15) is 0 Å². The Bertz CT molecular complexity index is 1070. The van der Waals surface area contributed by atoms with Gasteiger partial charge in [-0.15, -0.1) is 0 Å². The van der Waals surface area contributed by atoms with Crippen molar-refractivity contribution < 1.29 is 68.1 Å². The van der Waals surface area contributed by atoms with Gasteiger partial charge in [-0.2, -0.15) is 0 Å². The van der Waals surface area contributed by atoms with E-state index < -0.39 is 46.5 Å². The molecule has 1 unspecified atom stereocenters. The molecule has 4 fully saturated rings. The molecule has 202 valence electrons. The van der Waals surface area contributed by atoms with Gasteiger partial charge in [0.15, 0.2) is 0 Å². The number of carbonyl (C=O) groups is 1. The monoisotopic (exact) mass is 541 g/mol. The summed E-state index contributed by atoms with van der Waals surface area (Å²) in [4.78, 5) is 12.5. The van der Waals surface area contributed by atoms with Crippen molar-refractivity contribution in [1.82, 2.24) is 5.32 Å². The smallest absolute Gasteiger partial charge is 0.748 e. The zero-order chi connectivity index (χ0) is 29.3. The third-order valence-corrected chi connectivity index (χ3v) is 11.0. The first-order chi connectivity index (χ1) is 17.8. The Morgan fingerprint density at radius 1 is 1.06 bits per heavy atom. The molecule has 0 spiro atoms. The SMILES string of the molecule is [2H]C([2H])(NC(=O)CC[C@@H](C)[C@H]1CC[C@H]2C3[C@@H](O)[C@@H](O)[C@@H]4C[C@H](O)CC[C@]4(C)[C@H]3CC[C@]12C)C([2H])([2H])S(=O)(=O)[O-].[Na+]. The fraction of sp³-hybridized carbons (Fsp3) is 0.962. The van der Waals surface area contributed by atoms with Gasteiger partial charge < -0.3 is 25.2 Å². The van der Waals surface area contributed by atoms with E-state index in [0.717, 1.165) is 32.1 Å². The molecule has 0 aromatic heterocycles. The molecule has 36 heavy (non-hydrogen) atoms. The van der Waals surface area contributed by atoms with Gasteiger partial charge >= 0.3 is 29.6 Å². The number of nitrogens with one attached hydrogen (secondary N) is 1. The van der Waals surface area contributed by atoms with E-state index in [1.165, 1.54) is 0 Å². The molecule has 4 N–H and O–H groups in total. The fourth-order valence-electron chi connectivity index (χ4n) is 8.99. The van der Waals surface area contributed by atoms with Crippen LogP contribution in [0.25, 0.3) is 0 Å². The molecule has 11 atom stereocenters. The van der Waals surface area contributed by atoms with Crippen molar-refractivity contribution in [3.8, 4) is 0 Å². The number of aliphatic hydroxyl groups excluding tert-OH is 3. The Hall–Kier alpha value is 0.260. The van der Waals surface area contributed by atoms with Crippen molar-refractivity contribution in [2.24, 2.45) is 46.3 Å². The van der Waals surface area contributed by atoms with Crippen LogP contribution in [-0.2, 0) is 14.9 Å². The van der Waals surface area contributed by atoms with Gasteiger partial charge in [0.05, 0.1) is 36.9 Å². The molecule has 0 aromatic carbocycles. The van der Waals surface area contributed by atoms with Gasteiger partial charge in [-0.1, -0.05) is 20.8 Å². The van der Waals surface area contributed by atoms with E-state index >= 15 is 0 Å². The zero-order valence-corrected chi connectivity index (χ0v) is 24.8. The molecule has 0 aliphatic heterocycles. The van der Waals surface area contributed by atoms with Crippen LogP contribution >= 0.6 is 0 Å². The third-order valence-electron chi connectivity index (χ3n) is 10.7. The Morgan fingerprint density at radius 2 is 1.69 bits per heavy atom. The molecule has 0 heterocycles. The van der Waals surface area contributed by atoms with E-state index in [1.54, 1.807) is 5.32 Å². The van der Waals surface area contributed by atoms with Gasteiger partial charge in [-0.3, -0.25) is 4.79 Å². The minimum atomic E-state index is -5.66. The first-order valence-electron chi connectivity index (χ1n) is 15.1. The van der Waals surface area contributed by atoms with Gasteiger partial charge in [-0.25, -0.2) is 8.42 Å². The normalized spacial score (nSPS) is 47.4. The van der Waals surface area contributed by atoms with Crippen molar-refractivity contribution in [2.45, 2.75) is 96.9 Å². The molecule has 0 bridgehead atoms. The van der Waals surface area contributed by atoms with Crippen LogP contribution in [0.4, 0.5) is 0 Å². The topological polar surface area (TPSA) is 147 Å². The van der Waals surface area contributed by atoms with E-state index in [0.29, 0.717) is 19.3 Å². The van der Waals surface area contributed by atoms with Crippen LogP contribution in [0.15, 0.2) is 0 Å². The number of hydrogen-bond acceptors (Lipinski definition) is 7. The van der Waals surface area contributed by atoms with Crippen LogP contribution in [0.2, 0.25) is 0 Å². The maximum absolute atomic E-state index is 12.5. The number of hydrogen-bond donors (Lipinski definition) is 4. The van der Waals surface area contributed by atoms with Crippen molar-refractivity contribution >= 4 is 16.0 Å². The fourth-order valence-corrected chi connectivity index (χ4v) is 9.17. The molecule has 4 rings (SSSR count). The molecule has 0 saturated heterocycles. The Kier molecular flexibility index (Phi) is 7.99. The predicted molar refractivity (Wildman–Crippen MR) is 130 cm³/mol. The average molecular weight is 542 g/mol. The third kappa shape index (κ3) is 5.74. The summed E-state index contributed by atoms with van der Waals surface area (Å²) in [6, 6.07) is 0. The summed E-state index contributed by atoms with van der Waals surface area (Å²) in [5.41, 5.74) is -4.06. The van der Waals surface area contributed by atoms with E-state index in [4.69, 9.17) is 5.48 Å². The average Bonchev–Trinajstić information content (AvgIpc) is 3.18. The molecule has 4 aliphatic rings. The number of amides is 1. The van der Waals surface area contributed by atoms with Crippen LogP contribution in [-0.4, -0.2) is 64.7 Å². The summed E-state index contributed by atoms with van der Waals surface area (Å²) in [6.07, 6.45) is 3.80. The van der Waals surface area contributed by atoms with Crippen LogP contribution in [0.3, 0.4) is 0 Å². The van der Waals surface area contributed by atoms with Crippen LogP contribution < -0.4 is 34.9 Å². The van der Waals surface area contributed by atoms with Gasteiger partial charge in [0.2, 0.25) is 5.91 Å². The molecule has 4 saturated carbocycles. The zero-order valence-electron chi connectivity index (χ0n) is 25.9. The van der Waals surface area contributed by atoms with Crippen molar-refractivity contribution in [3.05, 3.63) is 0 Å². The summed E-state index contributed by atoms with van der Waals surface area (Å²) in [6.45, 7) is 3.12. The Morgan fingerprint density at radius 3 is 2.36 bits per heavy atom. The first-order valence-corrected chi connectivity index (χ1v) is 14.5. The van der Waals surface area contributed by atoms with Crippen molar-refractivity contribution in [1.29, 1.82) is 0 Å². The van der Waals surface area contributed by atoms with Crippen LogP contribution in [0, 0.1) is 46.3 Å². The number of fused-ring (bicyclic) bond motifs is 5. The van der Waals surface area contributed by atoms with Crippen molar-refractivity contribution in [3.63, 3.8) is 0 Å². The van der Waals surface area contributed by atoms with E-state index in [9.17, 15) is 33.1 Å². The molecular weight excluding hydrogens is 493 g/mol. The Balaban J connectivity index is 0.00000441. The minimum Gasteiger partial charge on any atom is -0.748 e. The maximum Gasteiger partial charge on any atom is 1.00 e. The second-order valence-corrected chi connectivity index (χ2v) is 13.4. The number of rotatable bonds is 7. The first kappa shape index (κ1) is 25.2. The van der Waals surface area contributed by atoms with Gasteiger partial charge in [0.25, 0.3) is 0 Å². The minimum absolute atomic E-state index is 0. The van der Waals surface area contributed by atoms with E-state index in [-0.39, 0.29) is 82.3 Å². The second-order valence-electron chi connectivity index (χ2n) is 12.3. The molecule has 0 aromatic rings. The summed E-state index contributed by atoms with van der Waals surface area (Å²) < 4.78 is 63.6. The summed E-state index contributed by atoms with van der Waals surface area (Å²) >= 11 is 0. The second kappa shape index (κ2) is 11.4. The largest absolute Gasteiger partial charge is 1.00 e. The van der Waals surface area contributed by atoms with Crippen LogP contribution in [0.5, 0.6) is 0 Å². The molecule has 8 nitrogen and oxygen atoms in total. The molecule has 1 amide bonds. The number of aliphatic hydroxyl groups is 3. The summed E-state index contributed by atoms with van der Waals surface area (Å²) in [5, 5.41) is 34.6. The van der Waals surface area contributed by atoms with E-state index in [1.807, 2.05) is 6.92 Å². The summed E-state index contributed by atoms with van der Waals surface area (Å²) in [7, 11) is -5.66. The summed E-state index contributed by atoms with van der Waals surface area (Å²) in [5.74, 6) is -0.292.